The average Bonchev–Trinajstić information content (AvgIpc) is 3.14. The van der Waals surface area contributed by atoms with Crippen molar-refractivity contribution < 1.29 is 23.7 Å². The summed E-state index contributed by atoms with van der Waals surface area (Å²) in [6, 6.07) is 8.50. The van der Waals surface area contributed by atoms with Gasteiger partial charge in [0.2, 0.25) is 5.13 Å². The summed E-state index contributed by atoms with van der Waals surface area (Å²) in [6.07, 6.45) is 0. The molecule has 0 aliphatic rings. The summed E-state index contributed by atoms with van der Waals surface area (Å²) in [4.78, 5) is 16.9. The van der Waals surface area contributed by atoms with Crippen LogP contribution in [0.3, 0.4) is 0 Å². The van der Waals surface area contributed by atoms with E-state index in [1.54, 1.807) is 38.5 Å². The molecule has 0 unspecified atom stereocenters. The van der Waals surface area contributed by atoms with Crippen LogP contribution in [0.2, 0.25) is 0 Å². The molecule has 142 valence electrons. The second kappa shape index (κ2) is 8.00. The van der Waals surface area contributed by atoms with Gasteiger partial charge in [0.1, 0.15) is 21.7 Å². The largest absolute Gasteiger partial charge is 0.495 e. The Kier molecular flexibility index (Phi) is 5.51. The third-order valence-corrected chi connectivity index (χ3v) is 4.82. The first-order valence-electron chi connectivity index (χ1n) is 7.91. The van der Waals surface area contributed by atoms with Gasteiger partial charge in [-0.25, -0.2) is 4.98 Å². The Hall–Kier alpha value is -3.20. The quantitative estimate of drug-likeness (QED) is 0.600. The molecule has 3 aromatic rings. The molecule has 0 aliphatic carbocycles. The predicted molar refractivity (Wildman–Crippen MR) is 103 cm³/mol. The van der Waals surface area contributed by atoms with Gasteiger partial charge in [-0.1, -0.05) is 11.3 Å². The Bertz CT molecular complexity index is 932. The number of methoxy groups -OCH3 is 4. The van der Waals surface area contributed by atoms with Crippen molar-refractivity contribution >= 4 is 32.6 Å². The van der Waals surface area contributed by atoms with Gasteiger partial charge in [-0.2, -0.15) is 0 Å². The van der Waals surface area contributed by atoms with Crippen LogP contribution in [0.5, 0.6) is 23.0 Å². The summed E-state index contributed by atoms with van der Waals surface area (Å²) < 4.78 is 21.9. The number of aromatic nitrogens is 1. The third-order valence-electron chi connectivity index (χ3n) is 3.84. The molecule has 0 saturated carbocycles. The molecule has 2 aromatic carbocycles. The molecule has 0 bridgehead atoms. The average molecular weight is 389 g/mol. The number of thiazole rings is 1. The first kappa shape index (κ1) is 18.6. The molecule has 1 amide bonds. The second-order valence-electron chi connectivity index (χ2n) is 5.32. The van der Waals surface area contributed by atoms with Crippen molar-refractivity contribution in [1.82, 2.24) is 10.4 Å². The predicted octanol–water partition coefficient (Wildman–Crippen LogP) is 3.09. The van der Waals surface area contributed by atoms with Crippen molar-refractivity contribution in [2.45, 2.75) is 0 Å². The maximum Gasteiger partial charge on any atom is 0.269 e. The number of carbonyl (C=O) groups is 1. The fourth-order valence-corrected chi connectivity index (χ4v) is 3.43. The van der Waals surface area contributed by atoms with Crippen LogP contribution in [0.15, 0.2) is 30.3 Å². The molecule has 27 heavy (non-hydrogen) atoms. The number of anilines is 1. The van der Waals surface area contributed by atoms with Crippen molar-refractivity contribution in [1.29, 1.82) is 0 Å². The summed E-state index contributed by atoms with van der Waals surface area (Å²) in [7, 11) is 6.22. The minimum Gasteiger partial charge on any atom is -0.495 e. The first-order valence-corrected chi connectivity index (χ1v) is 8.72. The Labute approximate surface area is 160 Å². The van der Waals surface area contributed by atoms with Gasteiger partial charge in [0.15, 0.2) is 11.5 Å². The van der Waals surface area contributed by atoms with E-state index in [2.05, 4.69) is 15.8 Å². The van der Waals surface area contributed by atoms with E-state index < -0.39 is 0 Å². The van der Waals surface area contributed by atoms with Gasteiger partial charge in [0.25, 0.3) is 5.91 Å². The number of ether oxygens (including phenoxy) is 4. The summed E-state index contributed by atoms with van der Waals surface area (Å²) in [5.41, 5.74) is 6.52. The molecular formula is C18H19N3O5S. The van der Waals surface area contributed by atoms with Crippen LogP contribution < -0.4 is 29.8 Å². The normalized spacial score (nSPS) is 10.4. The van der Waals surface area contributed by atoms with E-state index in [-0.39, 0.29) is 5.91 Å². The van der Waals surface area contributed by atoms with Gasteiger partial charge in [-0.05, 0) is 30.3 Å². The fourth-order valence-electron chi connectivity index (χ4n) is 2.50. The van der Waals surface area contributed by atoms with E-state index in [1.807, 2.05) is 6.07 Å². The number of amides is 1. The van der Waals surface area contributed by atoms with Crippen molar-refractivity contribution in [2.24, 2.45) is 0 Å². The van der Waals surface area contributed by atoms with Crippen molar-refractivity contribution in [3.05, 3.63) is 35.9 Å². The highest BCUT2D eigenvalue weighted by Crippen LogP contribution is 2.38. The Balaban J connectivity index is 1.79. The van der Waals surface area contributed by atoms with Crippen LogP contribution in [-0.2, 0) is 0 Å². The Morgan fingerprint density at radius 1 is 0.889 bits per heavy atom. The van der Waals surface area contributed by atoms with Gasteiger partial charge >= 0.3 is 0 Å². The number of nitrogens with one attached hydrogen (secondary N) is 2. The monoisotopic (exact) mass is 389 g/mol. The fraction of sp³-hybridized carbons (Fsp3) is 0.222. The second-order valence-corrected chi connectivity index (χ2v) is 6.31. The van der Waals surface area contributed by atoms with Crippen molar-refractivity contribution in [3.8, 4) is 23.0 Å². The third kappa shape index (κ3) is 3.68. The molecule has 3 rings (SSSR count). The molecule has 1 heterocycles. The molecule has 0 saturated heterocycles. The molecule has 0 atom stereocenters. The molecule has 1 aromatic heterocycles. The van der Waals surface area contributed by atoms with Gasteiger partial charge in [0.05, 0.1) is 28.4 Å². The number of hydrogen-bond acceptors (Lipinski definition) is 8. The molecule has 8 nitrogen and oxygen atoms in total. The standard InChI is InChI=1S/C18H19N3O5S/c1-23-11-6-5-10(9-14(11)26-4)17(22)20-21-18-19-15-12(24-2)7-8-13(25-3)16(15)27-18/h5-9H,1-4H3,(H,19,21)(H,20,22). The maximum absolute atomic E-state index is 12.4. The minimum atomic E-state index is -0.339. The van der Waals surface area contributed by atoms with E-state index in [1.165, 1.54) is 25.6 Å². The molecule has 0 fully saturated rings. The molecule has 0 radical (unpaired) electrons. The summed E-state index contributed by atoms with van der Waals surface area (Å²) >= 11 is 1.34. The molecule has 9 heteroatoms. The molecule has 0 spiro atoms. The highest BCUT2D eigenvalue weighted by Gasteiger charge is 2.15. The van der Waals surface area contributed by atoms with E-state index in [9.17, 15) is 4.79 Å². The zero-order chi connectivity index (χ0) is 19.4. The smallest absolute Gasteiger partial charge is 0.269 e. The van der Waals surface area contributed by atoms with Gasteiger partial charge in [-0.3, -0.25) is 15.6 Å². The van der Waals surface area contributed by atoms with Crippen molar-refractivity contribution in [3.63, 3.8) is 0 Å². The van der Waals surface area contributed by atoms with Crippen LogP contribution in [0.25, 0.3) is 10.2 Å². The summed E-state index contributed by atoms with van der Waals surface area (Å²) in [5, 5.41) is 0.502. The number of nitrogens with zero attached hydrogens (tertiary/aromatic N) is 1. The first-order chi connectivity index (χ1) is 13.1. The number of carbonyl (C=O) groups excluding carboxylic acids is 1. The lowest BCUT2D eigenvalue weighted by Crippen LogP contribution is -2.29. The Morgan fingerprint density at radius 2 is 1.52 bits per heavy atom. The van der Waals surface area contributed by atoms with Gasteiger partial charge in [-0.15, -0.1) is 0 Å². The summed E-state index contributed by atoms with van der Waals surface area (Å²) in [6.45, 7) is 0. The Morgan fingerprint density at radius 3 is 2.19 bits per heavy atom. The van der Waals surface area contributed by atoms with Crippen LogP contribution >= 0.6 is 11.3 Å². The van der Waals surface area contributed by atoms with E-state index in [0.717, 1.165) is 4.70 Å². The van der Waals surface area contributed by atoms with E-state index >= 15 is 0 Å². The number of benzene rings is 2. The van der Waals surface area contributed by atoms with Crippen LogP contribution in [0.4, 0.5) is 5.13 Å². The zero-order valence-corrected chi connectivity index (χ0v) is 16.1. The SMILES string of the molecule is COc1ccc(C(=O)NNc2nc3c(OC)ccc(OC)c3s2)cc1OC. The zero-order valence-electron chi connectivity index (χ0n) is 15.3. The van der Waals surface area contributed by atoms with E-state index in [4.69, 9.17) is 18.9 Å². The minimum absolute atomic E-state index is 0.339. The van der Waals surface area contributed by atoms with Crippen LogP contribution in [-0.4, -0.2) is 39.3 Å². The lowest BCUT2D eigenvalue weighted by molar-refractivity contribution is 0.0962. The van der Waals surface area contributed by atoms with Gasteiger partial charge in [0, 0.05) is 5.56 Å². The number of fused-ring (bicyclic) bond motifs is 1. The van der Waals surface area contributed by atoms with Crippen LogP contribution in [0.1, 0.15) is 10.4 Å². The molecular weight excluding hydrogens is 370 g/mol. The van der Waals surface area contributed by atoms with E-state index in [0.29, 0.717) is 39.2 Å². The lowest BCUT2D eigenvalue weighted by atomic mass is 10.2. The van der Waals surface area contributed by atoms with Crippen LogP contribution in [0, 0.1) is 0 Å². The topological polar surface area (TPSA) is 90.9 Å². The number of rotatable bonds is 7. The highest BCUT2D eigenvalue weighted by molar-refractivity contribution is 7.22. The highest BCUT2D eigenvalue weighted by atomic mass is 32.1. The van der Waals surface area contributed by atoms with Gasteiger partial charge < -0.3 is 18.9 Å². The molecule has 2 N–H and O–H groups in total. The molecule has 0 aliphatic heterocycles. The lowest BCUT2D eigenvalue weighted by Gasteiger charge is -2.10. The number of hydrazine groups is 1. The van der Waals surface area contributed by atoms with Crippen molar-refractivity contribution in [2.75, 3.05) is 33.9 Å². The summed E-state index contributed by atoms with van der Waals surface area (Å²) in [5.74, 6) is 1.99. The number of hydrogen-bond donors (Lipinski definition) is 2. The maximum atomic E-state index is 12.4.